The summed E-state index contributed by atoms with van der Waals surface area (Å²) >= 11 is 1.86. The summed E-state index contributed by atoms with van der Waals surface area (Å²) in [6.45, 7) is 0. The van der Waals surface area contributed by atoms with E-state index in [9.17, 15) is 0 Å². The van der Waals surface area contributed by atoms with Crippen molar-refractivity contribution in [2.75, 3.05) is 0 Å². The minimum absolute atomic E-state index is 0.584. The van der Waals surface area contributed by atoms with Gasteiger partial charge in [-0.05, 0) is 65.7 Å². The monoisotopic (exact) mass is 963 g/mol. The van der Waals surface area contributed by atoms with E-state index >= 15 is 0 Å². The molecule has 0 bridgehead atoms. The fourth-order valence-corrected chi connectivity index (χ4v) is 12.3. The van der Waals surface area contributed by atoms with Crippen molar-refractivity contribution in [2.45, 2.75) is 0 Å². The maximum absolute atomic E-state index is 5.72. The van der Waals surface area contributed by atoms with Crippen LogP contribution in [0.4, 0.5) is 0 Å². The molecule has 0 atom stereocenters. The second-order valence-corrected chi connectivity index (χ2v) is 19.7. The molecule has 7 nitrogen and oxygen atoms in total. The molecule has 0 aliphatic rings. The van der Waals surface area contributed by atoms with E-state index in [1.807, 2.05) is 72.0 Å². The van der Waals surface area contributed by atoms with Gasteiger partial charge in [-0.1, -0.05) is 194 Å². The van der Waals surface area contributed by atoms with Gasteiger partial charge in [0, 0.05) is 70.3 Å². The Morgan fingerprint density at radius 1 is 0.311 bits per heavy atom. The number of imidazole rings is 1. The first-order valence-electron chi connectivity index (χ1n) is 24.8. The van der Waals surface area contributed by atoms with Crippen LogP contribution < -0.4 is 0 Å². The molecule has 15 aromatic rings. The van der Waals surface area contributed by atoms with Crippen molar-refractivity contribution in [3.05, 3.63) is 249 Å². The minimum Gasteiger partial charge on any atom is -0.308 e. The van der Waals surface area contributed by atoms with E-state index in [2.05, 4.69) is 202 Å². The molecule has 0 unspecified atom stereocenters. The Morgan fingerprint density at radius 3 is 1.55 bits per heavy atom. The number of hydrogen-bond acceptors (Lipinski definition) is 5. The minimum atomic E-state index is 0.584. The van der Waals surface area contributed by atoms with Gasteiger partial charge in [0.1, 0.15) is 11.3 Å². The molecule has 0 saturated heterocycles. The summed E-state index contributed by atoms with van der Waals surface area (Å²) in [7, 11) is 0. The van der Waals surface area contributed by atoms with Crippen molar-refractivity contribution in [1.82, 2.24) is 33.6 Å². The Balaban J connectivity index is 1.03. The summed E-state index contributed by atoms with van der Waals surface area (Å²) in [4.78, 5) is 21.0. The Hall–Kier alpha value is -9.76. The Morgan fingerprint density at radius 2 is 0.838 bits per heavy atom. The largest absolute Gasteiger partial charge is 0.308 e. The highest BCUT2D eigenvalue weighted by Crippen LogP contribution is 2.46. The van der Waals surface area contributed by atoms with E-state index < -0.39 is 0 Å². The van der Waals surface area contributed by atoms with Gasteiger partial charge in [0.05, 0.1) is 21.9 Å². The average molecular weight is 964 g/mol. The highest BCUT2D eigenvalue weighted by Gasteiger charge is 2.28. The molecule has 10 aromatic carbocycles. The zero-order chi connectivity index (χ0) is 48.7. The number of benzene rings is 10. The number of thiophene rings is 1. The number of para-hydroxylation sites is 2. The van der Waals surface area contributed by atoms with Crippen LogP contribution in [0, 0.1) is 0 Å². The van der Waals surface area contributed by atoms with Crippen molar-refractivity contribution in [1.29, 1.82) is 0 Å². The fraction of sp³-hybridized carbons (Fsp3) is 0. The molecule has 0 radical (unpaired) electrons. The molecule has 0 fully saturated rings. The first-order valence-corrected chi connectivity index (χ1v) is 25.6. The molecule has 8 heteroatoms. The van der Waals surface area contributed by atoms with E-state index in [0.29, 0.717) is 17.5 Å². The molecule has 0 aliphatic carbocycles. The SMILES string of the molecule is c1ccc(-c2nc(-c3ccccc3)nc(-c3cccc(-n4c5ccc6c7ccccc7n(-c7cccc(-c8cccc9c8sc8ccccc89)c7)c6c5c5c4nc(-c4ccccc4)n5-c4ccccc4)c3)n2)cc1. The zero-order valence-corrected chi connectivity index (χ0v) is 40.5. The van der Waals surface area contributed by atoms with Crippen molar-refractivity contribution < 1.29 is 0 Å². The molecule has 0 saturated carbocycles. The van der Waals surface area contributed by atoms with Crippen LogP contribution in [0.2, 0.25) is 0 Å². The lowest BCUT2D eigenvalue weighted by atomic mass is 10.0. The van der Waals surface area contributed by atoms with E-state index in [1.165, 1.54) is 36.7 Å². The van der Waals surface area contributed by atoms with Crippen LogP contribution in [0.5, 0.6) is 0 Å². The second kappa shape index (κ2) is 16.9. The number of aromatic nitrogens is 7. The van der Waals surface area contributed by atoms with Gasteiger partial charge in [-0.3, -0.25) is 9.13 Å². The molecule has 5 heterocycles. The third kappa shape index (κ3) is 6.66. The van der Waals surface area contributed by atoms with E-state index in [4.69, 9.17) is 19.9 Å². The van der Waals surface area contributed by atoms with Gasteiger partial charge in [-0.15, -0.1) is 11.3 Å². The van der Waals surface area contributed by atoms with Crippen LogP contribution in [-0.2, 0) is 0 Å². The molecule has 0 aliphatic heterocycles. The summed E-state index contributed by atoms with van der Waals surface area (Å²) < 4.78 is 9.76. The maximum atomic E-state index is 5.72. The van der Waals surface area contributed by atoms with Crippen LogP contribution in [-0.4, -0.2) is 33.6 Å². The van der Waals surface area contributed by atoms with Gasteiger partial charge in [0.15, 0.2) is 23.1 Å². The molecule has 346 valence electrons. The second-order valence-electron chi connectivity index (χ2n) is 18.6. The van der Waals surface area contributed by atoms with Crippen molar-refractivity contribution in [2.24, 2.45) is 0 Å². The number of nitrogens with zero attached hydrogens (tertiary/aromatic N) is 7. The van der Waals surface area contributed by atoms with E-state index in [-0.39, 0.29) is 0 Å². The van der Waals surface area contributed by atoms with E-state index in [0.717, 1.165) is 83.6 Å². The summed E-state index contributed by atoms with van der Waals surface area (Å²) in [5.74, 6) is 2.66. The topological polar surface area (TPSA) is 66.3 Å². The summed E-state index contributed by atoms with van der Waals surface area (Å²) in [6, 6.07) is 87.9. The molecular weight excluding hydrogens is 923 g/mol. The van der Waals surface area contributed by atoms with E-state index in [1.54, 1.807) is 0 Å². The number of fused-ring (bicyclic) bond motifs is 10. The first-order chi connectivity index (χ1) is 36.7. The smallest absolute Gasteiger partial charge is 0.165 e. The van der Waals surface area contributed by atoms with Crippen molar-refractivity contribution in [3.63, 3.8) is 0 Å². The van der Waals surface area contributed by atoms with Gasteiger partial charge in [-0.2, -0.15) is 0 Å². The quantitative estimate of drug-likeness (QED) is 0.152. The summed E-state index contributed by atoms with van der Waals surface area (Å²) in [5.41, 5.74) is 14.2. The lowest BCUT2D eigenvalue weighted by molar-refractivity contribution is 1.07. The highest BCUT2D eigenvalue weighted by atomic mass is 32.1. The summed E-state index contributed by atoms with van der Waals surface area (Å²) in [5, 5.41) is 6.00. The van der Waals surface area contributed by atoms with Crippen LogP contribution in [0.15, 0.2) is 249 Å². The van der Waals surface area contributed by atoms with Crippen LogP contribution >= 0.6 is 11.3 Å². The van der Waals surface area contributed by atoms with Gasteiger partial charge in [0.25, 0.3) is 0 Å². The third-order valence-electron chi connectivity index (χ3n) is 14.3. The average Bonchev–Trinajstić information content (AvgIpc) is 4.23. The number of rotatable bonds is 8. The lowest BCUT2D eigenvalue weighted by Crippen LogP contribution is -2.01. The predicted molar refractivity (Wildman–Crippen MR) is 306 cm³/mol. The van der Waals surface area contributed by atoms with Crippen LogP contribution in [0.25, 0.3) is 138 Å². The Labute approximate surface area is 429 Å². The van der Waals surface area contributed by atoms with Gasteiger partial charge >= 0.3 is 0 Å². The maximum Gasteiger partial charge on any atom is 0.165 e. The molecule has 0 amide bonds. The third-order valence-corrected chi connectivity index (χ3v) is 15.5. The molecular formula is C66H41N7S. The van der Waals surface area contributed by atoms with Gasteiger partial charge in [0.2, 0.25) is 0 Å². The zero-order valence-electron chi connectivity index (χ0n) is 39.7. The predicted octanol–water partition coefficient (Wildman–Crippen LogP) is 17.0. The lowest BCUT2D eigenvalue weighted by Gasteiger charge is -2.14. The van der Waals surface area contributed by atoms with Gasteiger partial charge < -0.3 is 4.57 Å². The fourth-order valence-electron chi connectivity index (χ4n) is 11.0. The molecule has 15 rings (SSSR count). The Kier molecular flexibility index (Phi) is 9.61. The summed E-state index contributed by atoms with van der Waals surface area (Å²) in [6.07, 6.45) is 0. The Bertz CT molecular complexity index is 4590. The van der Waals surface area contributed by atoms with Gasteiger partial charge in [-0.25, -0.2) is 19.9 Å². The molecule has 0 spiro atoms. The van der Waals surface area contributed by atoms with Crippen LogP contribution in [0.3, 0.4) is 0 Å². The molecule has 5 aromatic heterocycles. The highest BCUT2D eigenvalue weighted by molar-refractivity contribution is 7.26. The standard InChI is InChI=1S/C66H41N7S/c1-5-20-42(21-6-1)62-67-63(43-22-7-2-8-23-43)69-64(68-62)46-27-18-31-49(41-46)72-56-39-38-53-51-32-13-15-36-55(51)71(48-30-17-26-45(40-48)50-34-19-35-54-52-33-14-16-37-57(52)74-61(50)54)59(53)58(56)60-66(72)70-65(44-24-9-3-10-25-44)73(60)47-28-11-4-12-29-47/h1-41H. The molecule has 0 N–H and O–H groups in total. The normalized spacial score (nSPS) is 11.8. The van der Waals surface area contributed by atoms with Crippen LogP contribution in [0.1, 0.15) is 0 Å². The first kappa shape index (κ1) is 42.0. The van der Waals surface area contributed by atoms with Crippen molar-refractivity contribution >= 4 is 75.4 Å². The number of hydrogen-bond donors (Lipinski definition) is 0. The molecule has 74 heavy (non-hydrogen) atoms. The van der Waals surface area contributed by atoms with Crippen molar-refractivity contribution in [3.8, 4) is 73.7 Å².